The van der Waals surface area contributed by atoms with Crippen LogP contribution in [0.2, 0.25) is 0 Å². The second-order valence-electron chi connectivity index (χ2n) is 37.7. The number of primary amides is 6. The predicted octanol–water partition coefficient (Wildman–Crippen LogP) is 20.7. The first kappa shape index (κ1) is 102. The normalized spacial score (nSPS) is 12.6. The van der Waals surface area contributed by atoms with E-state index in [1.165, 1.54) is 71.4 Å². The fraction of sp³-hybridized carbons (Fsp3) is 0.202. The third kappa shape index (κ3) is 25.1. The topological polar surface area (TPSA) is 430 Å². The number of carbonyl (C=O) groups excluding carboxylic acids is 6. The number of fused-ring (bicyclic) bond motifs is 6. The van der Waals surface area contributed by atoms with E-state index in [2.05, 4.69) is 243 Å². The molecule has 31 heteroatoms. The van der Waals surface area contributed by atoms with Crippen LogP contribution in [0.15, 0.2) is 326 Å². The zero-order valence-corrected chi connectivity index (χ0v) is 84.9. The Labute approximate surface area is 870 Å². The maximum Gasteiger partial charge on any atom is 0.267 e. The van der Waals surface area contributed by atoms with Gasteiger partial charge in [-0.25, -0.2) is 34.9 Å². The van der Waals surface area contributed by atoms with Gasteiger partial charge >= 0.3 is 0 Å². The van der Waals surface area contributed by atoms with Gasteiger partial charge in [0.15, 0.2) is 0 Å². The average Bonchev–Trinajstić information content (AvgIpc) is 1.66. The van der Waals surface area contributed by atoms with Crippen molar-refractivity contribution in [2.45, 2.75) is 112 Å². The highest BCUT2D eigenvalue weighted by Crippen LogP contribution is 2.35. The largest absolute Gasteiger partial charge is 0.379 e. The molecular formula is C119H116N22O8S. The van der Waals surface area contributed by atoms with Gasteiger partial charge in [-0.3, -0.25) is 38.7 Å². The van der Waals surface area contributed by atoms with Crippen LogP contribution < -0.4 is 34.4 Å². The van der Waals surface area contributed by atoms with Gasteiger partial charge in [0.05, 0.1) is 76.9 Å². The van der Waals surface area contributed by atoms with Crippen LogP contribution in [-0.4, -0.2) is 146 Å². The molecule has 1 saturated carbocycles. The summed E-state index contributed by atoms with van der Waals surface area (Å²) in [7, 11) is 0. The van der Waals surface area contributed by atoms with Crippen molar-refractivity contribution in [2.75, 3.05) is 32.8 Å². The standard InChI is InChI=1S/C22H25N3O.C20H18N4O2.C20H22N4O2.C20H16N4O.C19H16N4OS.C18H19N3O/c23-22(26)20-8-4-7-19(24-20)17-9-10-21-18(15-17)12-14-25(21)13-11-16-5-2-1-3-6-16;1-12-16(13(2)26-23-12)11-24-9-8-15-10-14(6-7-19(15)24)17-4-3-5-18(22-17)20(21)25;21-20(25)18-3-1-2-17(22-18)15-4-5-19-16(14-15)6-7-24(19)9-8-23-10-12-26-13-11-23;21-20(25)18-3-1-2-17(23-18)15-4-5-19-16(12-15)8-11-24(19)13-14-6-9-22-10-7-14;1-12-21-15(11-25-12)10-23-8-7-14-9-13(5-6-18(14)23)16-3-2-4-17(22-16)19(20)24;1-12(2)11-21-9-8-14-10-13(6-7-17(14)21)15-4-3-5-16(20-15)18(19)22/h4,7-10,12,14-16H,1-3,5-6,11,13H2,(H2,23,26);3-10H,11H2,1-2H3,(H2,21,25);1-7,14H,8-13H2,(H2,21,25);1-12H,13H2,(H2,21,25);2-9,11H,10H2,1H3,(H2,20,24);3-10,12H,11H2,1-2H3,(H2,19,22). The minimum atomic E-state index is -0.529. The van der Waals surface area contributed by atoms with E-state index in [1.807, 2.05) is 112 Å². The van der Waals surface area contributed by atoms with E-state index in [-0.39, 0.29) is 28.5 Å². The number of nitrogens with two attached hydrogens (primary N) is 6. The summed E-state index contributed by atoms with van der Waals surface area (Å²) in [6.07, 6.45) is 24.5. The molecule has 23 rings (SSSR count). The summed E-state index contributed by atoms with van der Waals surface area (Å²) in [5.41, 5.74) is 55.3. The van der Waals surface area contributed by atoms with Crippen LogP contribution in [0, 0.1) is 32.6 Å². The van der Waals surface area contributed by atoms with Crippen LogP contribution >= 0.6 is 11.3 Å². The number of ether oxygens (including phenoxy) is 1. The number of nitrogens with zero attached hydrogens (tertiary/aromatic N) is 16. The summed E-state index contributed by atoms with van der Waals surface area (Å²) in [4.78, 5) is 105. The lowest BCUT2D eigenvalue weighted by atomic mass is 9.87. The van der Waals surface area contributed by atoms with Crippen molar-refractivity contribution in [2.24, 2.45) is 46.2 Å². The lowest BCUT2D eigenvalue weighted by molar-refractivity contribution is 0.0365. The maximum atomic E-state index is 11.4. The molecule has 0 spiro atoms. The fourth-order valence-electron chi connectivity index (χ4n) is 19.0. The highest BCUT2D eigenvalue weighted by Gasteiger charge is 2.21. The second-order valence-corrected chi connectivity index (χ2v) is 38.8. The Kier molecular flexibility index (Phi) is 32.1. The number of amides is 6. The van der Waals surface area contributed by atoms with Gasteiger partial charge < -0.3 is 71.1 Å². The molecule has 756 valence electrons. The number of hydrogen-bond acceptors (Lipinski definition) is 19. The van der Waals surface area contributed by atoms with Gasteiger partial charge in [-0.15, -0.1) is 11.3 Å². The fourth-order valence-corrected chi connectivity index (χ4v) is 19.6. The number of morpholine rings is 1. The third-order valence-corrected chi connectivity index (χ3v) is 27.7. The quantitative estimate of drug-likeness (QED) is 0.0293. The van der Waals surface area contributed by atoms with E-state index < -0.39 is 35.4 Å². The van der Waals surface area contributed by atoms with Crippen molar-refractivity contribution in [1.29, 1.82) is 0 Å². The van der Waals surface area contributed by atoms with Gasteiger partial charge in [-0.05, 0) is 239 Å². The lowest BCUT2D eigenvalue weighted by Gasteiger charge is -2.26. The Balaban J connectivity index is 0.000000118. The molecular weight excluding hydrogens is 1900 g/mol. The maximum absolute atomic E-state index is 11.4. The third-order valence-electron chi connectivity index (χ3n) is 26.8. The highest BCUT2D eigenvalue weighted by molar-refractivity contribution is 7.09. The summed E-state index contributed by atoms with van der Waals surface area (Å²) in [6.45, 7) is 20.3. The van der Waals surface area contributed by atoms with Crippen LogP contribution in [0.5, 0.6) is 0 Å². The SMILES string of the molecule is CC(C)Cn1ccc2cc(-c3cccc(C(N)=O)n3)ccc21.Cc1nc(Cn2ccc3cc(-c4cccc(C(N)=O)n4)ccc32)cs1.Cc1noc(C)c1Cn1ccc2cc(-c3cccc(C(N)=O)n3)ccc21.NC(=O)c1cccc(-c2ccc3c(ccn3CCC3CCCCC3)c2)n1.NC(=O)c1cccc(-c2ccc3c(ccn3CCN3CCOCC3)c2)n1.NC(=O)c1cccc(-c2ccc3c(ccn3Cc3ccncc3)c2)n1. The summed E-state index contributed by atoms with van der Waals surface area (Å²) >= 11 is 1.66. The molecule has 2 fully saturated rings. The summed E-state index contributed by atoms with van der Waals surface area (Å²) < 4.78 is 24.1. The first-order valence-corrected chi connectivity index (χ1v) is 50.9. The van der Waals surface area contributed by atoms with Crippen molar-refractivity contribution >= 4 is 112 Å². The molecule has 12 N–H and O–H groups in total. The molecule has 0 atom stereocenters. The van der Waals surface area contributed by atoms with Crippen molar-refractivity contribution in [3.05, 3.63) is 389 Å². The Morgan fingerprint density at radius 2 is 0.687 bits per heavy atom. The van der Waals surface area contributed by atoms with Gasteiger partial charge in [0, 0.05) is 205 Å². The summed E-state index contributed by atoms with van der Waals surface area (Å²) in [5.74, 6) is -0.758. The van der Waals surface area contributed by atoms with Crippen LogP contribution in [0.25, 0.3) is 133 Å². The number of benzene rings is 6. The van der Waals surface area contributed by atoms with Crippen molar-refractivity contribution in [3.8, 4) is 67.5 Å². The zero-order chi connectivity index (χ0) is 104. The van der Waals surface area contributed by atoms with Crippen LogP contribution in [0.1, 0.15) is 149 Å². The Morgan fingerprint density at radius 1 is 0.360 bits per heavy atom. The van der Waals surface area contributed by atoms with E-state index in [1.54, 1.807) is 90.5 Å². The molecule has 1 saturated heterocycles. The van der Waals surface area contributed by atoms with Gasteiger partial charge in [0.1, 0.15) is 39.9 Å². The molecule has 6 amide bonds. The minimum Gasteiger partial charge on any atom is -0.379 e. The van der Waals surface area contributed by atoms with Crippen LogP contribution in [0.4, 0.5) is 0 Å². The highest BCUT2D eigenvalue weighted by atomic mass is 32.1. The second kappa shape index (κ2) is 47.1. The van der Waals surface area contributed by atoms with Gasteiger partial charge in [0.2, 0.25) is 0 Å². The van der Waals surface area contributed by atoms with E-state index in [4.69, 9.17) is 43.7 Å². The number of hydrogen-bond donors (Lipinski definition) is 6. The number of thiazole rings is 1. The molecule has 16 heterocycles. The van der Waals surface area contributed by atoms with Gasteiger partial charge in [0.25, 0.3) is 35.4 Å². The van der Waals surface area contributed by atoms with E-state index in [0.29, 0.717) is 18.2 Å². The van der Waals surface area contributed by atoms with E-state index in [9.17, 15) is 28.8 Å². The molecule has 0 radical (unpaired) electrons. The van der Waals surface area contributed by atoms with Crippen molar-refractivity contribution in [3.63, 3.8) is 0 Å². The monoisotopic (exact) mass is 2010 g/mol. The van der Waals surface area contributed by atoms with Crippen molar-refractivity contribution in [1.82, 2.24) is 77.3 Å². The first-order valence-electron chi connectivity index (χ1n) is 50.0. The smallest absolute Gasteiger partial charge is 0.267 e. The van der Waals surface area contributed by atoms with Crippen molar-refractivity contribution < 1.29 is 38.0 Å². The molecule has 0 unspecified atom stereocenters. The van der Waals surface area contributed by atoms with E-state index in [0.717, 1.165) is 205 Å². The minimum absolute atomic E-state index is 0.263. The number of aromatic nitrogens is 15. The molecule has 30 nitrogen and oxygen atoms in total. The molecule has 15 aromatic heterocycles. The lowest BCUT2D eigenvalue weighted by Crippen LogP contribution is -2.38. The molecule has 150 heavy (non-hydrogen) atoms. The number of pyridine rings is 7. The summed E-state index contributed by atoms with van der Waals surface area (Å²) in [5, 5.41) is 14.1. The molecule has 1 aliphatic carbocycles. The Hall–Kier alpha value is -17.8. The Bertz CT molecular complexity index is 8290. The molecule has 2 aliphatic rings. The zero-order valence-electron chi connectivity index (χ0n) is 84.1. The van der Waals surface area contributed by atoms with Crippen LogP contribution in [0.3, 0.4) is 0 Å². The molecule has 21 aromatic rings. The van der Waals surface area contributed by atoms with Gasteiger partial charge in [-0.2, -0.15) is 0 Å². The number of carbonyl (C=O) groups is 6. The molecule has 0 bridgehead atoms. The van der Waals surface area contributed by atoms with Gasteiger partial charge in [-0.1, -0.05) is 124 Å². The predicted molar refractivity (Wildman–Crippen MR) is 590 cm³/mol. The average molecular weight is 2010 g/mol. The first-order chi connectivity index (χ1) is 72.8. The Morgan fingerprint density at radius 3 is 1.02 bits per heavy atom. The number of rotatable bonds is 26. The van der Waals surface area contributed by atoms with E-state index >= 15 is 0 Å². The summed E-state index contributed by atoms with van der Waals surface area (Å²) in [6, 6.07) is 85.8. The number of aryl methyl sites for hydroxylation is 4. The molecule has 6 aromatic carbocycles. The van der Waals surface area contributed by atoms with Crippen LogP contribution in [-0.2, 0) is 44.0 Å². The molecule has 1 aliphatic heterocycles.